The fraction of sp³-hybridized carbons (Fsp3) is 0.250. The SMILES string of the molecule is COC(=O)c1ccccc1NC(=O)CN(C(C)=O)c1c(C)cccc1C. The van der Waals surface area contributed by atoms with Gasteiger partial charge in [0.15, 0.2) is 0 Å². The van der Waals surface area contributed by atoms with Crippen molar-refractivity contribution in [2.75, 3.05) is 23.9 Å². The molecule has 2 amide bonds. The molecule has 136 valence electrons. The van der Waals surface area contributed by atoms with Gasteiger partial charge in [0.25, 0.3) is 0 Å². The molecule has 2 aromatic carbocycles. The van der Waals surface area contributed by atoms with Gasteiger partial charge < -0.3 is 15.0 Å². The Morgan fingerprint density at radius 1 is 1.00 bits per heavy atom. The number of carbonyl (C=O) groups excluding carboxylic acids is 3. The Balaban J connectivity index is 2.25. The van der Waals surface area contributed by atoms with Crippen LogP contribution in [0.4, 0.5) is 11.4 Å². The van der Waals surface area contributed by atoms with Crippen LogP contribution < -0.4 is 10.2 Å². The lowest BCUT2D eigenvalue weighted by molar-refractivity contribution is -0.120. The summed E-state index contributed by atoms with van der Waals surface area (Å²) in [5.74, 6) is -1.18. The molecule has 0 aliphatic rings. The highest BCUT2D eigenvalue weighted by atomic mass is 16.5. The fourth-order valence-corrected chi connectivity index (χ4v) is 2.79. The zero-order chi connectivity index (χ0) is 19.3. The second-order valence-electron chi connectivity index (χ2n) is 5.93. The number of amides is 2. The number of methoxy groups -OCH3 is 1. The minimum atomic E-state index is -0.543. The molecule has 0 heterocycles. The average molecular weight is 354 g/mol. The molecule has 0 radical (unpaired) electrons. The summed E-state index contributed by atoms with van der Waals surface area (Å²) >= 11 is 0. The Hall–Kier alpha value is -3.15. The summed E-state index contributed by atoms with van der Waals surface area (Å²) < 4.78 is 4.72. The topological polar surface area (TPSA) is 75.7 Å². The number of nitrogens with one attached hydrogen (secondary N) is 1. The Bertz CT molecular complexity index is 825. The first-order chi connectivity index (χ1) is 12.3. The van der Waals surface area contributed by atoms with Gasteiger partial charge in [-0.25, -0.2) is 4.79 Å². The van der Waals surface area contributed by atoms with Crippen LogP contribution in [0.2, 0.25) is 0 Å². The normalized spacial score (nSPS) is 10.2. The van der Waals surface area contributed by atoms with Crippen LogP contribution in [0.3, 0.4) is 0 Å². The summed E-state index contributed by atoms with van der Waals surface area (Å²) in [6.07, 6.45) is 0. The Labute approximate surface area is 152 Å². The number of rotatable bonds is 5. The molecule has 0 saturated heterocycles. The first kappa shape index (κ1) is 19.2. The van der Waals surface area contributed by atoms with Crippen LogP contribution in [0.15, 0.2) is 42.5 Å². The lowest BCUT2D eigenvalue weighted by atomic mass is 10.1. The smallest absolute Gasteiger partial charge is 0.339 e. The molecule has 2 rings (SSSR count). The third-order valence-corrected chi connectivity index (χ3v) is 4.00. The van der Waals surface area contributed by atoms with E-state index in [1.165, 1.54) is 18.9 Å². The van der Waals surface area contributed by atoms with Crippen LogP contribution in [-0.2, 0) is 14.3 Å². The molecule has 0 aliphatic heterocycles. The van der Waals surface area contributed by atoms with Crippen molar-refractivity contribution in [2.45, 2.75) is 20.8 Å². The van der Waals surface area contributed by atoms with Crippen molar-refractivity contribution in [3.8, 4) is 0 Å². The molecule has 0 atom stereocenters. The number of carbonyl (C=O) groups is 3. The van der Waals surface area contributed by atoms with Crippen molar-refractivity contribution >= 4 is 29.2 Å². The van der Waals surface area contributed by atoms with Crippen LogP contribution in [0.5, 0.6) is 0 Å². The molecule has 6 nitrogen and oxygen atoms in total. The van der Waals surface area contributed by atoms with E-state index in [4.69, 9.17) is 4.74 Å². The van der Waals surface area contributed by atoms with Gasteiger partial charge in [-0.1, -0.05) is 30.3 Å². The Morgan fingerprint density at radius 3 is 2.19 bits per heavy atom. The number of aryl methyl sites for hydroxylation is 2. The Kier molecular flexibility index (Phi) is 6.11. The lowest BCUT2D eigenvalue weighted by Gasteiger charge is -2.24. The molecule has 0 saturated carbocycles. The van der Waals surface area contributed by atoms with Crippen molar-refractivity contribution in [2.24, 2.45) is 0 Å². The van der Waals surface area contributed by atoms with Crippen molar-refractivity contribution in [1.29, 1.82) is 0 Å². The van der Waals surface area contributed by atoms with E-state index in [1.807, 2.05) is 32.0 Å². The van der Waals surface area contributed by atoms with Crippen LogP contribution in [-0.4, -0.2) is 31.4 Å². The van der Waals surface area contributed by atoms with Gasteiger partial charge >= 0.3 is 5.97 Å². The van der Waals surface area contributed by atoms with E-state index >= 15 is 0 Å². The summed E-state index contributed by atoms with van der Waals surface area (Å²) in [5.41, 5.74) is 3.13. The molecule has 26 heavy (non-hydrogen) atoms. The van der Waals surface area contributed by atoms with Crippen molar-refractivity contribution in [3.63, 3.8) is 0 Å². The van der Waals surface area contributed by atoms with Crippen molar-refractivity contribution < 1.29 is 19.1 Å². The molecule has 1 N–H and O–H groups in total. The van der Waals surface area contributed by atoms with E-state index in [2.05, 4.69) is 5.32 Å². The monoisotopic (exact) mass is 354 g/mol. The molecule has 0 fully saturated rings. The third kappa shape index (κ3) is 4.27. The molecule has 2 aromatic rings. The highest BCUT2D eigenvalue weighted by Gasteiger charge is 2.20. The highest BCUT2D eigenvalue weighted by molar-refractivity contribution is 6.05. The zero-order valence-corrected chi connectivity index (χ0v) is 15.3. The maximum absolute atomic E-state index is 12.5. The molecule has 0 unspecified atom stereocenters. The van der Waals surface area contributed by atoms with Crippen LogP contribution in [0.1, 0.15) is 28.4 Å². The van der Waals surface area contributed by atoms with Gasteiger partial charge in [-0.3, -0.25) is 9.59 Å². The van der Waals surface area contributed by atoms with Gasteiger partial charge in [-0.05, 0) is 37.1 Å². The molecular formula is C20H22N2O4. The molecule has 6 heteroatoms. The number of ether oxygens (including phenoxy) is 1. The van der Waals surface area contributed by atoms with Crippen LogP contribution in [0, 0.1) is 13.8 Å². The number of esters is 1. The average Bonchev–Trinajstić information content (AvgIpc) is 2.60. The van der Waals surface area contributed by atoms with Gasteiger partial charge in [0.05, 0.1) is 24.0 Å². The first-order valence-electron chi connectivity index (χ1n) is 8.16. The molecule has 0 aliphatic carbocycles. The van der Waals surface area contributed by atoms with E-state index in [-0.39, 0.29) is 18.0 Å². The van der Waals surface area contributed by atoms with Gasteiger partial charge in [0, 0.05) is 6.92 Å². The van der Waals surface area contributed by atoms with Gasteiger partial charge in [0.1, 0.15) is 6.54 Å². The fourth-order valence-electron chi connectivity index (χ4n) is 2.79. The summed E-state index contributed by atoms with van der Waals surface area (Å²) in [4.78, 5) is 37.9. The third-order valence-electron chi connectivity index (χ3n) is 4.00. The standard InChI is InChI=1S/C20H22N2O4/c1-13-8-7-9-14(2)19(13)22(15(3)23)12-18(24)21-17-11-6-5-10-16(17)20(25)26-4/h5-11H,12H2,1-4H3,(H,21,24). The Morgan fingerprint density at radius 2 is 1.62 bits per heavy atom. The number of hydrogen-bond acceptors (Lipinski definition) is 4. The van der Waals surface area contributed by atoms with Gasteiger partial charge in [0.2, 0.25) is 11.8 Å². The van der Waals surface area contributed by atoms with Crippen LogP contribution >= 0.6 is 0 Å². The lowest BCUT2D eigenvalue weighted by Crippen LogP contribution is -2.37. The van der Waals surface area contributed by atoms with E-state index in [0.29, 0.717) is 5.69 Å². The second-order valence-corrected chi connectivity index (χ2v) is 5.93. The van der Waals surface area contributed by atoms with Crippen molar-refractivity contribution in [1.82, 2.24) is 0 Å². The summed E-state index contributed by atoms with van der Waals surface area (Å²) in [6.45, 7) is 5.05. The number of anilines is 2. The predicted molar refractivity (Wildman–Crippen MR) is 100 cm³/mol. The molecular weight excluding hydrogens is 332 g/mol. The molecule has 0 aromatic heterocycles. The van der Waals surface area contributed by atoms with Gasteiger partial charge in [-0.2, -0.15) is 0 Å². The van der Waals surface area contributed by atoms with E-state index in [1.54, 1.807) is 24.3 Å². The summed E-state index contributed by atoms with van der Waals surface area (Å²) in [5, 5.41) is 2.69. The highest BCUT2D eigenvalue weighted by Crippen LogP contribution is 2.25. The van der Waals surface area contributed by atoms with E-state index < -0.39 is 11.9 Å². The minimum Gasteiger partial charge on any atom is -0.465 e. The predicted octanol–water partition coefficient (Wildman–Crippen LogP) is 3.08. The number of para-hydroxylation sites is 2. The maximum atomic E-state index is 12.5. The number of nitrogens with zero attached hydrogens (tertiary/aromatic N) is 1. The zero-order valence-electron chi connectivity index (χ0n) is 15.3. The van der Waals surface area contributed by atoms with E-state index in [0.717, 1.165) is 16.8 Å². The first-order valence-corrected chi connectivity index (χ1v) is 8.16. The summed E-state index contributed by atoms with van der Waals surface area (Å²) in [6, 6.07) is 12.2. The van der Waals surface area contributed by atoms with Gasteiger partial charge in [-0.15, -0.1) is 0 Å². The van der Waals surface area contributed by atoms with Crippen LogP contribution in [0.25, 0.3) is 0 Å². The second kappa shape index (κ2) is 8.29. The van der Waals surface area contributed by atoms with Crippen molar-refractivity contribution in [3.05, 3.63) is 59.2 Å². The summed E-state index contributed by atoms with van der Waals surface area (Å²) in [7, 11) is 1.28. The largest absolute Gasteiger partial charge is 0.465 e. The molecule has 0 spiro atoms. The quantitative estimate of drug-likeness (QED) is 0.837. The minimum absolute atomic E-state index is 0.156. The number of benzene rings is 2. The van der Waals surface area contributed by atoms with E-state index in [9.17, 15) is 14.4 Å². The maximum Gasteiger partial charge on any atom is 0.339 e. The molecule has 0 bridgehead atoms. The number of hydrogen-bond donors (Lipinski definition) is 1.